The van der Waals surface area contributed by atoms with Crippen molar-refractivity contribution in [2.45, 2.75) is 0 Å². The molecule has 9 aromatic carbocycles. The Labute approximate surface area is 376 Å². The minimum absolute atomic E-state index is 0.469. The SMILES string of the molecule is N#Cc1cc(-c2nc(-c3ccccc3)nc(-n3c4ccccc4c4ccccc43)n2)ccc1-n1c2ccccc2c2c3c(ccc21)oc1cc2c4ccccc4n(-c4ccccc4)c2cc13. The van der Waals surface area contributed by atoms with Gasteiger partial charge in [0.15, 0.2) is 11.6 Å². The Morgan fingerprint density at radius 1 is 0.379 bits per heavy atom. The van der Waals surface area contributed by atoms with Crippen molar-refractivity contribution in [2.24, 2.45) is 0 Å². The molecule has 0 saturated carbocycles. The summed E-state index contributed by atoms with van der Waals surface area (Å²) >= 11 is 0. The van der Waals surface area contributed by atoms with Gasteiger partial charge in [0.25, 0.3) is 0 Å². The van der Waals surface area contributed by atoms with E-state index >= 15 is 0 Å². The smallest absolute Gasteiger partial charge is 0.238 e. The van der Waals surface area contributed by atoms with E-state index in [9.17, 15) is 5.26 Å². The number of fused-ring (bicyclic) bond motifs is 13. The Kier molecular flexibility index (Phi) is 7.59. The van der Waals surface area contributed by atoms with Gasteiger partial charge in [-0.3, -0.25) is 4.57 Å². The molecule has 0 aliphatic heterocycles. The number of nitrogens with zero attached hydrogens (tertiary/aromatic N) is 7. The lowest BCUT2D eigenvalue weighted by molar-refractivity contribution is 0.670. The topological polar surface area (TPSA) is 90.4 Å². The summed E-state index contributed by atoms with van der Waals surface area (Å²) in [6, 6.07) is 71.3. The number of hydrogen-bond donors (Lipinski definition) is 0. The van der Waals surface area contributed by atoms with E-state index in [-0.39, 0.29) is 0 Å². The lowest BCUT2D eigenvalue weighted by atomic mass is 10.0. The molecule has 0 N–H and O–H groups in total. The van der Waals surface area contributed by atoms with Crippen LogP contribution < -0.4 is 0 Å². The van der Waals surface area contributed by atoms with Crippen molar-refractivity contribution in [2.75, 3.05) is 0 Å². The molecule has 14 aromatic rings. The molecule has 14 rings (SSSR count). The molecule has 0 atom stereocenters. The van der Waals surface area contributed by atoms with Gasteiger partial charge >= 0.3 is 0 Å². The second-order valence-corrected chi connectivity index (χ2v) is 16.7. The summed E-state index contributed by atoms with van der Waals surface area (Å²) in [4.78, 5) is 15.3. The lowest BCUT2D eigenvalue weighted by Crippen LogP contribution is -2.06. The molecule has 5 heterocycles. The Hall–Kier alpha value is -9.32. The molecule has 0 saturated heterocycles. The van der Waals surface area contributed by atoms with Gasteiger partial charge in [0, 0.05) is 59.9 Å². The molecular weight excluding hydrogens is 811 g/mol. The Morgan fingerprint density at radius 3 is 1.64 bits per heavy atom. The molecule has 0 aliphatic rings. The number of aromatic nitrogens is 6. The van der Waals surface area contributed by atoms with Crippen molar-refractivity contribution in [3.05, 3.63) is 206 Å². The number of nitriles is 1. The van der Waals surface area contributed by atoms with Crippen molar-refractivity contribution < 1.29 is 4.42 Å². The van der Waals surface area contributed by atoms with Crippen LogP contribution in [0.25, 0.3) is 127 Å². The summed E-state index contributed by atoms with van der Waals surface area (Å²) in [5.41, 5.74) is 11.7. The van der Waals surface area contributed by atoms with Crippen LogP contribution in [0.5, 0.6) is 0 Å². The van der Waals surface area contributed by atoms with E-state index in [0.29, 0.717) is 28.7 Å². The van der Waals surface area contributed by atoms with Crippen molar-refractivity contribution in [1.29, 1.82) is 5.26 Å². The van der Waals surface area contributed by atoms with E-state index in [4.69, 9.17) is 19.4 Å². The van der Waals surface area contributed by atoms with Crippen LogP contribution in [0.3, 0.4) is 0 Å². The molecule has 0 bridgehead atoms. The number of benzene rings is 9. The monoisotopic (exact) mass is 843 g/mol. The first kappa shape index (κ1) is 36.2. The van der Waals surface area contributed by atoms with Crippen LogP contribution in [-0.4, -0.2) is 28.7 Å². The summed E-state index contributed by atoms with van der Waals surface area (Å²) in [5, 5.41) is 19.8. The summed E-state index contributed by atoms with van der Waals surface area (Å²) in [6.07, 6.45) is 0. The van der Waals surface area contributed by atoms with Gasteiger partial charge in [-0.1, -0.05) is 121 Å². The van der Waals surface area contributed by atoms with Gasteiger partial charge in [0.1, 0.15) is 17.2 Å². The molecular formula is C58H33N7O. The molecule has 0 unspecified atom stereocenters. The van der Waals surface area contributed by atoms with E-state index in [1.54, 1.807) is 0 Å². The Bertz CT molecular complexity index is 4310. The zero-order valence-corrected chi connectivity index (χ0v) is 35.1. The average Bonchev–Trinajstić information content (AvgIpc) is 4.12. The van der Waals surface area contributed by atoms with Crippen LogP contribution in [-0.2, 0) is 0 Å². The number of rotatable bonds is 5. The maximum Gasteiger partial charge on any atom is 0.238 e. The number of furan rings is 1. The average molecular weight is 844 g/mol. The van der Waals surface area contributed by atoms with Gasteiger partial charge in [-0.2, -0.15) is 15.2 Å². The zero-order chi connectivity index (χ0) is 43.5. The fourth-order valence-electron chi connectivity index (χ4n) is 10.3. The second kappa shape index (κ2) is 13.8. The molecule has 0 fully saturated rings. The van der Waals surface area contributed by atoms with Crippen LogP contribution in [0.15, 0.2) is 205 Å². The van der Waals surface area contributed by atoms with Gasteiger partial charge in [0.05, 0.1) is 44.4 Å². The predicted octanol–water partition coefficient (Wildman–Crippen LogP) is 14.3. The van der Waals surface area contributed by atoms with Crippen molar-refractivity contribution in [3.8, 4) is 46.2 Å². The highest BCUT2D eigenvalue weighted by atomic mass is 16.3. The quantitative estimate of drug-likeness (QED) is 0.172. The number of para-hydroxylation sites is 5. The van der Waals surface area contributed by atoms with Gasteiger partial charge < -0.3 is 13.6 Å². The van der Waals surface area contributed by atoms with Crippen LogP contribution >= 0.6 is 0 Å². The van der Waals surface area contributed by atoms with Gasteiger partial charge in [0.2, 0.25) is 5.95 Å². The minimum Gasteiger partial charge on any atom is -0.456 e. The standard InChI is InChI=1S/C58H33N7O/c59-34-37-31-36(57-60-56(35-15-3-1-4-16-35)61-58(62-57)65-47-24-12-7-19-39(47)40-20-8-13-25-48(40)65)27-28-45(37)64-49-26-14-10-22-42(49)54-50(64)29-30-52-55(54)44-32-51-43(33-53(44)66-52)41-21-9-11-23-46(41)63(51)38-17-5-2-6-18-38/h1-33H. The first-order valence-corrected chi connectivity index (χ1v) is 21.9. The normalized spacial score (nSPS) is 11.9. The summed E-state index contributed by atoms with van der Waals surface area (Å²) < 4.78 is 13.4. The fourth-order valence-corrected chi connectivity index (χ4v) is 10.3. The van der Waals surface area contributed by atoms with E-state index in [1.807, 2.05) is 60.7 Å². The third-order valence-electron chi connectivity index (χ3n) is 13.1. The van der Waals surface area contributed by atoms with E-state index in [0.717, 1.165) is 98.9 Å². The van der Waals surface area contributed by atoms with Crippen LogP contribution in [0.1, 0.15) is 5.56 Å². The highest BCUT2D eigenvalue weighted by Gasteiger charge is 2.24. The second-order valence-electron chi connectivity index (χ2n) is 16.7. The molecule has 8 heteroatoms. The number of hydrogen-bond acceptors (Lipinski definition) is 5. The van der Waals surface area contributed by atoms with Crippen LogP contribution in [0.2, 0.25) is 0 Å². The molecule has 66 heavy (non-hydrogen) atoms. The van der Waals surface area contributed by atoms with Gasteiger partial charge in [-0.15, -0.1) is 0 Å². The third-order valence-corrected chi connectivity index (χ3v) is 13.1. The molecule has 306 valence electrons. The fraction of sp³-hybridized carbons (Fsp3) is 0. The largest absolute Gasteiger partial charge is 0.456 e. The Balaban J connectivity index is 0.986. The zero-order valence-electron chi connectivity index (χ0n) is 35.1. The van der Waals surface area contributed by atoms with Crippen molar-refractivity contribution >= 4 is 87.4 Å². The maximum atomic E-state index is 11.0. The van der Waals surface area contributed by atoms with Crippen LogP contribution in [0, 0.1) is 11.3 Å². The summed E-state index contributed by atoms with van der Waals surface area (Å²) in [7, 11) is 0. The van der Waals surface area contributed by atoms with Crippen molar-refractivity contribution in [3.63, 3.8) is 0 Å². The molecule has 0 radical (unpaired) electrons. The minimum atomic E-state index is 0.469. The highest BCUT2D eigenvalue weighted by molar-refractivity contribution is 6.29. The van der Waals surface area contributed by atoms with E-state index in [2.05, 4.69) is 159 Å². The van der Waals surface area contributed by atoms with Crippen LogP contribution in [0.4, 0.5) is 0 Å². The Morgan fingerprint density at radius 2 is 0.955 bits per heavy atom. The predicted molar refractivity (Wildman–Crippen MR) is 266 cm³/mol. The molecule has 0 spiro atoms. The van der Waals surface area contributed by atoms with E-state index < -0.39 is 0 Å². The lowest BCUT2D eigenvalue weighted by Gasteiger charge is -2.13. The van der Waals surface area contributed by atoms with Gasteiger partial charge in [-0.05, 0) is 78.9 Å². The summed E-state index contributed by atoms with van der Waals surface area (Å²) in [5.74, 6) is 1.51. The first-order valence-electron chi connectivity index (χ1n) is 21.9. The highest BCUT2D eigenvalue weighted by Crippen LogP contribution is 2.44. The summed E-state index contributed by atoms with van der Waals surface area (Å²) in [6.45, 7) is 0. The molecule has 8 nitrogen and oxygen atoms in total. The van der Waals surface area contributed by atoms with E-state index in [1.165, 1.54) is 5.39 Å². The van der Waals surface area contributed by atoms with Crippen molar-refractivity contribution in [1.82, 2.24) is 28.7 Å². The first-order chi connectivity index (χ1) is 32.7. The molecule has 5 aromatic heterocycles. The molecule has 0 aliphatic carbocycles. The maximum absolute atomic E-state index is 11.0. The molecule has 0 amide bonds. The van der Waals surface area contributed by atoms with Gasteiger partial charge in [-0.25, -0.2) is 4.98 Å². The third kappa shape index (κ3) is 5.16.